The van der Waals surface area contributed by atoms with Gasteiger partial charge in [-0.05, 0) is 25.5 Å². The number of hydrogen-bond acceptors (Lipinski definition) is 6. The Morgan fingerprint density at radius 1 is 1.43 bits per heavy atom. The Morgan fingerprint density at radius 3 is 2.78 bits per heavy atom. The normalized spacial score (nSPS) is 11.8. The van der Waals surface area contributed by atoms with Gasteiger partial charge in [0.25, 0.3) is 0 Å². The van der Waals surface area contributed by atoms with E-state index in [1.165, 1.54) is 0 Å². The maximum absolute atomic E-state index is 6.03. The average Bonchev–Trinajstić information content (AvgIpc) is 2.56. The van der Waals surface area contributed by atoms with E-state index in [2.05, 4.69) is 21.9 Å². The number of nitrogen functional groups attached to an aromatic ring is 1. The highest BCUT2D eigenvalue weighted by Gasteiger charge is 2.15. The maximum Gasteiger partial charge on any atom is 0.229 e. The molecule has 0 spiro atoms. The van der Waals surface area contributed by atoms with Gasteiger partial charge in [0.05, 0.1) is 11.4 Å². The third-order valence-corrected chi connectivity index (χ3v) is 3.78. The number of hydrogen-bond donors (Lipinski definition) is 2. The molecule has 1 aromatic carbocycles. The molecule has 6 nitrogen and oxygen atoms in total. The quantitative estimate of drug-likeness (QED) is 0.630. The molecule has 0 aliphatic carbocycles. The Labute approximate surface area is 137 Å². The molecule has 1 heterocycles. The molecule has 0 amide bonds. The topological polar surface area (TPSA) is 76.3 Å². The first kappa shape index (κ1) is 16.8. The molecule has 1 atom stereocenters. The lowest BCUT2D eigenvalue weighted by atomic mass is 10.2. The number of nitrogens with zero attached hydrogens (tertiary/aromatic N) is 3. The molecule has 0 saturated carbocycles. The Kier molecular flexibility index (Phi) is 5.18. The van der Waals surface area contributed by atoms with Gasteiger partial charge in [-0.2, -0.15) is 4.98 Å². The first-order chi connectivity index (χ1) is 11.0. The van der Waals surface area contributed by atoms with Crippen molar-refractivity contribution in [3.05, 3.63) is 42.1 Å². The summed E-state index contributed by atoms with van der Waals surface area (Å²) in [5.41, 5.74) is 9.36. The minimum atomic E-state index is -0.125. The van der Waals surface area contributed by atoms with E-state index in [0.29, 0.717) is 11.6 Å². The van der Waals surface area contributed by atoms with Crippen molar-refractivity contribution < 1.29 is 4.74 Å². The van der Waals surface area contributed by atoms with E-state index in [4.69, 9.17) is 10.5 Å². The molecular formula is C17H23N5O. The number of para-hydroxylation sites is 1. The van der Waals surface area contributed by atoms with Gasteiger partial charge in [0.2, 0.25) is 5.95 Å². The predicted octanol–water partition coefficient (Wildman–Crippen LogP) is 3.18. The second-order valence-electron chi connectivity index (χ2n) is 5.29. The molecule has 0 aliphatic heterocycles. The molecule has 2 rings (SSSR count). The van der Waals surface area contributed by atoms with Crippen LogP contribution >= 0.6 is 0 Å². The van der Waals surface area contributed by atoms with Crippen molar-refractivity contribution in [3.8, 4) is 0 Å². The molecular weight excluding hydrogens is 290 g/mol. The van der Waals surface area contributed by atoms with Crippen LogP contribution in [0.2, 0.25) is 0 Å². The zero-order valence-corrected chi connectivity index (χ0v) is 14.0. The standard InChI is InChI=1S/C17H23N5O/c1-6-13-10-19-17(21-16(13)22(4)12(3)23-5)20-15-11(2)8-7-9-14(15)18/h6-10,12H,1,18H2,2-5H3,(H,19,20,21). The van der Waals surface area contributed by atoms with Crippen molar-refractivity contribution in [3.63, 3.8) is 0 Å². The molecule has 6 heteroatoms. The largest absolute Gasteiger partial charge is 0.397 e. The number of anilines is 4. The van der Waals surface area contributed by atoms with Gasteiger partial charge < -0.3 is 20.7 Å². The van der Waals surface area contributed by atoms with Crippen molar-refractivity contribution in [1.82, 2.24) is 9.97 Å². The van der Waals surface area contributed by atoms with Crippen LogP contribution in [0.3, 0.4) is 0 Å². The minimum Gasteiger partial charge on any atom is -0.397 e. The number of aromatic nitrogens is 2. The molecule has 0 bridgehead atoms. The maximum atomic E-state index is 6.03. The summed E-state index contributed by atoms with van der Waals surface area (Å²) >= 11 is 0. The van der Waals surface area contributed by atoms with Crippen molar-refractivity contribution >= 4 is 29.2 Å². The highest BCUT2D eigenvalue weighted by Crippen LogP contribution is 2.27. The van der Waals surface area contributed by atoms with E-state index in [1.807, 2.05) is 44.0 Å². The monoisotopic (exact) mass is 313 g/mol. The lowest BCUT2D eigenvalue weighted by Crippen LogP contribution is -2.31. The second kappa shape index (κ2) is 7.11. The van der Waals surface area contributed by atoms with E-state index < -0.39 is 0 Å². The lowest BCUT2D eigenvalue weighted by molar-refractivity contribution is 0.118. The highest BCUT2D eigenvalue weighted by atomic mass is 16.5. The fraction of sp³-hybridized carbons (Fsp3) is 0.294. The van der Waals surface area contributed by atoms with Crippen LogP contribution in [0.4, 0.5) is 23.1 Å². The zero-order valence-electron chi connectivity index (χ0n) is 14.0. The van der Waals surface area contributed by atoms with Crippen LogP contribution in [0.25, 0.3) is 6.08 Å². The third-order valence-electron chi connectivity index (χ3n) is 3.78. The number of benzene rings is 1. The van der Waals surface area contributed by atoms with Crippen LogP contribution in [0.1, 0.15) is 18.1 Å². The smallest absolute Gasteiger partial charge is 0.229 e. The fourth-order valence-corrected chi connectivity index (χ4v) is 2.17. The van der Waals surface area contributed by atoms with Gasteiger partial charge in [-0.15, -0.1) is 0 Å². The SMILES string of the molecule is C=Cc1cnc(Nc2c(C)cccc2N)nc1N(C)C(C)OC. The van der Waals surface area contributed by atoms with Gasteiger partial charge in [-0.25, -0.2) is 4.98 Å². The van der Waals surface area contributed by atoms with Gasteiger partial charge in [-0.1, -0.05) is 24.8 Å². The molecule has 122 valence electrons. The molecule has 0 fully saturated rings. The molecule has 1 aromatic heterocycles. The summed E-state index contributed by atoms with van der Waals surface area (Å²) in [5, 5.41) is 3.19. The third kappa shape index (κ3) is 3.60. The lowest BCUT2D eigenvalue weighted by Gasteiger charge is -2.26. The van der Waals surface area contributed by atoms with Gasteiger partial charge in [0, 0.05) is 25.9 Å². The van der Waals surface area contributed by atoms with Crippen molar-refractivity contribution in [2.75, 3.05) is 30.1 Å². The number of aryl methyl sites for hydroxylation is 1. The van der Waals surface area contributed by atoms with Crippen LogP contribution < -0.4 is 16.0 Å². The van der Waals surface area contributed by atoms with Gasteiger partial charge in [0.1, 0.15) is 12.0 Å². The summed E-state index contributed by atoms with van der Waals surface area (Å²) in [4.78, 5) is 10.8. The van der Waals surface area contributed by atoms with Crippen LogP contribution in [0.5, 0.6) is 0 Å². The first-order valence-electron chi connectivity index (χ1n) is 7.35. The summed E-state index contributed by atoms with van der Waals surface area (Å²) in [5.74, 6) is 1.21. The van der Waals surface area contributed by atoms with Crippen molar-refractivity contribution in [2.24, 2.45) is 0 Å². The van der Waals surface area contributed by atoms with Crippen LogP contribution in [0, 0.1) is 6.92 Å². The summed E-state index contributed by atoms with van der Waals surface area (Å²) in [6.45, 7) is 7.74. The molecule has 1 unspecified atom stereocenters. The van der Waals surface area contributed by atoms with Crippen molar-refractivity contribution in [1.29, 1.82) is 0 Å². The van der Waals surface area contributed by atoms with E-state index >= 15 is 0 Å². The number of nitrogens with one attached hydrogen (secondary N) is 1. The molecule has 2 aromatic rings. The van der Waals surface area contributed by atoms with Gasteiger partial charge >= 0.3 is 0 Å². The summed E-state index contributed by atoms with van der Waals surface area (Å²) in [7, 11) is 3.57. The van der Waals surface area contributed by atoms with E-state index in [9.17, 15) is 0 Å². The Bertz CT molecular complexity index is 681. The van der Waals surface area contributed by atoms with E-state index in [-0.39, 0.29) is 6.23 Å². The molecule has 0 radical (unpaired) electrons. The van der Waals surface area contributed by atoms with E-state index in [0.717, 1.165) is 22.6 Å². The highest BCUT2D eigenvalue weighted by molar-refractivity contribution is 5.74. The Balaban J connectivity index is 2.39. The summed E-state index contributed by atoms with van der Waals surface area (Å²) in [6, 6.07) is 5.74. The van der Waals surface area contributed by atoms with Gasteiger partial charge in [-0.3, -0.25) is 0 Å². The number of nitrogens with two attached hydrogens (primary N) is 1. The average molecular weight is 313 g/mol. The molecule has 3 N–H and O–H groups in total. The second-order valence-corrected chi connectivity index (χ2v) is 5.29. The number of rotatable bonds is 6. The summed E-state index contributed by atoms with van der Waals surface area (Å²) in [6.07, 6.45) is 3.32. The first-order valence-corrected chi connectivity index (χ1v) is 7.35. The van der Waals surface area contributed by atoms with Crippen LogP contribution in [0.15, 0.2) is 31.0 Å². The van der Waals surface area contributed by atoms with Crippen LogP contribution in [-0.4, -0.2) is 30.4 Å². The van der Waals surface area contributed by atoms with Crippen molar-refractivity contribution in [2.45, 2.75) is 20.1 Å². The fourth-order valence-electron chi connectivity index (χ4n) is 2.17. The van der Waals surface area contributed by atoms with Crippen LogP contribution in [-0.2, 0) is 4.74 Å². The van der Waals surface area contributed by atoms with E-state index in [1.54, 1.807) is 19.4 Å². The molecule has 0 saturated heterocycles. The number of ether oxygens (including phenoxy) is 1. The predicted molar refractivity (Wildman–Crippen MR) is 95.9 cm³/mol. The Morgan fingerprint density at radius 2 is 2.17 bits per heavy atom. The summed E-state index contributed by atoms with van der Waals surface area (Å²) < 4.78 is 5.35. The Hall–Kier alpha value is -2.60. The molecule has 23 heavy (non-hydrogen) atoms. The number of methoxy groups -OCH3 is 1. The molecule has 0 aliphatic rings. The zero-order chi connectivity index (χ0) is 17.0. The minimum absolute atomic E-state index is 0.125. The van der Waals surface area contributed by atoms with Gasteiger partial charge in [0.15, 0.2) is 0 Å².